The maximum absolute atomic E-state index is 12.8. The molecule has 2 aliphatic heterocycles. The van der Waals surface area contributed by atoms with Gasteiger partial charge in [-0.2, -0.15) is 8.78 Å². The highest BCUT2D eigenvalue weighted by Gasteiger charge is 2.33. The third kappa shape index (κ3) is 4.19. The van der Waals surface area contributed by atoms with Crippen LogP contribution >= 0.6 is 0 Å². The molecule has 2 fully saturated rings. The number of nitrogens with one attached hydrogen (secondary N) is 1. The topological polar surface area (TPSA) is 33.7 Å². The van der Waals surface area contributed by atoms with E-state index >= 15 is 0 Å². The van der Waals surface area contributed by atoms with Crippen LogP contribution in [0.15, 0.2) is 24.3 Å². The second kappa shape index (κ2) is 8.04. The number of hydrogen-bond acceptors (Lipinski definition) is 4. The zero-order valence-corrected chi connectivity index (χ0v) is 13.2. The van der Waals surface area contributed by atoms with Gasteiger partial charge in [0, 0.05) is 51.0 Å². The third-order valence-electron chi connectivity index (χ3n) is 4.71. The molecule has 0 radical (unpaired) electrons. The highest BCUT2D eigenvalue weighted by Crippen LogP contribution is 2.39. The molecule has 1 aromatic carbocycles. The van der Waals surface area contributed by atoms with Gasteiger partial charge in [0.15, 0.2) is 0 Å². The SMILES string of the molecule is FC(F)Oc1ccccc1[C@H](C1CCOCC1)N1CCNCC1. The number of hydrogen-bond donors (Lipinski definition) is 1. The highest BCUT2D eigenvalue weighted by molar-refractivity contribution is 5.36. The van der Waals surface area contributed by atoms with Crippen LogP contribution in [0.3, 0.4) is 0 Å². The Bertz CT molecular complexity index is 471. The van der Waals surface area contributed by atoms with Crippen LogP contribution in [0.4, 0.5) is 8.78 Å². The fraction of sp³-hybridized carbons (Fsp3) is 0.647. The Kier molecular flexibility index (Phi) is 5.80. The molecule has 0 aromatic heterocycles. The van der Waals surface area contributed by atoms with E-state index in [2.05, 4.69) is 10.2 Å². The summed E-state index contributed by atoms with van der Waals surface area (Å²) in [5.41, 5.74) is 0.876. The maximum Gasteiger partial charge on any atom is 0.387 e. The minimum atomic E-state index is -2.80. The summed E-state index contributed by atoms with van der Waals surface area (Å²) in [4.78, 5) is 2.40. The van der Waals surface area contributed by atoms with Crippen LogP contribution in [-0.2, 0) is 4.74 Å². The Balaban J connectivity index is 1.90. The van der Waals surface area contributed by atoms with Crippen LogP contribution in [0, 0.1) is 5.92 Å². The normalized spacial score (nSPS) is 22.2. The molecule has 0 aliphatic carbocycles. The van der Waals surface area contributed by atoms with Crippen molar-refractivity contribution >= 4 is 0 Å². The van der Waals surface area contributed by atoms with Crippen molar-refractivity contribution in [3.8, 4) is 5.75 Å². The van der Waals surface area contributed by atoms with Gasteiger partial charge in [-0.3, -0.25) is 4.90 Å². The second-order valence-corrected chi connectivity index (χ2v) is 6.10. The summed E-state index contributed by atoms with van der Waals surface area (Å²) in [7, 11) is 0. The minimum Gasteiger partial charge on any atom is -0.434 e. The number of rotatable bonds is 5. The van der Waals surface area contributed by atoms with Crippen molar-refractivity contribution in [2.75, 3.05) is 39.4 Å². The molecule has 1 atom stereocenters. The number of nitrogens with zero attached hydrogens (tertiary/aromatic N) is 1. The lowest BCUT2D eigenvalue weighted by Crippen LogP contribution is -2.47. The molecule has 0 bridgehead atoms. The monoisotopic (exact) mass is 326 g/mol. The first kappa shape index (κ1) is 16.6. The van der Waals surface area contributed by atoms with Crippen molar-refractivity contribution < 1.29 is 18.3 Å². The zero-order chi connectivity index (χ0) is 16.1. The van der Waals surface area contributed by atoms with Crippen LogP contribution in [0.2, 0.25) is 0 Å². The molecule has 2 heterocycles. The van der Waals surface area contributed by atoms with E-state index in [1.165, 1.54) is 0 Å². The molecule has 6 heteroatoms. The van der Waals surface area contributed by atoms with Gasteiger partial charge < -0.3 is 14.8 Å². The van der Waals surface area contributed by atoms with Crippen molar-refractivity contribution in [1.82, 2.24) is 10.2 Å². The van der Waals surface area contributed by atoms with Gasteiger partial charge in [-0.1, -0.05) is 18.2 Å². The Morgan fingerprint density at radius 3 is 2.52 bits per heavy atom. The third-order valence-corrected chi connectivity index (χ3v) is 4.71. The van der Waals surface area contributed by atoms with Gasteiger partial charge in [-0.15, -0.1) is 0 Å². The summed E-state index contributed by atoms with van der Waals surface area (Å²) < 4.78 is 35.9. The van der Waals surface area contributed by atoms with Crippen LogP contribution < -0.4 is 10.1 Å². The van der Waals surface area contributed by atoms with Crippen molar-refractivity contribution in [2.24, 2.45) is 5.92 Å². The van der Waals surface area contributed by atoms with Crippen molar-refractivity contribution in [2.45, 2.75) is 25.5 Å². The summed E-state index contributed by atoms with van der Waals surface area (Å²) in [6.45, 7) is 2.39. The Morgan fingerprint density at radius 1 is 1.13 bits per heavy atom. The lowest BCUT2D eigenvalue weighted by Gasteiger charge is -2.41. The predicted octanol–water partition coefficient (Wildman–Crippen LogP) is 2.66. The molecule has 23 heavy (non-hydrogen) atoms. The summed E-state index contributed by atoms with van der Waals surface area (Å²) in [6.07, 6.45) is 1.91. The smallest absolute Gasteiger partial charge is 0.387 e. The molecule has 1 N–H and O–H groups in total. The first-order chi connectivity index (χ1) is 11.3. The highest BCUT2D eigenvalue weighted by atomic mass is 19.3. The van der Waals surface area contributed by atoms with E-state index in [4.69, 9.17) is 9.47 Å². The first-order valence-electron chi connectivity index (χ1n) is 8.32. The van der Waals surface area contributed by atoms with Gasteiger partial charge in [0.2, 0.25) is 0 Å². The Hall–Kier alpha value is -1.24. The molecule has 4 nitrogen and oxygen atoms in total. The summed E-state index contributed by atoms with van der Waals surface area (Å²) in [6, 6.07) is 7.34. The van der Waals surface area contributed by atoms with Crippen LogP contribution in [0.5, 0.6) is 5.75 Å². The molecule has 0 saturated carbocycles. The summed E-state index contributed by atoms with van der Waals surface area (Å²) in [5.74, 6) is 0.710. The second-order valence-electron chi connectivity index (χ2n) is 6.10. The predicted molar refractivity (Wildman–Crippen MR) is 83.8 cm³/mol. The van der Waals surface area contributed by atoms with Gasteiger partial charge in [0.05, 0.1) is 0 Å². The van der Waals surface area contributed by atoms with Gasteiger partial charge in [0.1, 0.15) is 5.75 Å². The molecular weight excluding hydrogens is 302 g/mol. The number of para-hydroxylation sites is 1. The van der Waals surface area contributed by atoms with Gasteiger partial charge >= 0.3 is 6.61 Å². The summed E-state index contributed by atoms with van der Waals surface area (Å²) >= 11 is 0. The molecule has 0 unspecified atom stereocenters. The van der Waals surface area contributed by atoms with Crippen LogP contribution in [0.1, 0.15) is 24.4 Å². The van der Waals surface area contributed by atoms with E-state index in [1.54, 1.807) is 12.1 Å². The van der Waals surface area contributed by atoms with Gasteiger partial charge in [-0.25, -0.2) is 0 Å². The fourth-order valence-corrected chi connectivity index (χ4v) is 3.67. The van der Waals surface area contributed by atoms with Crippen molar-refractivity contribution in [3.05, 3.63) is 29.8 Å². The quantitative estimate of drug-likeness (QED) is 0.902. The molecule has 128 valence electrons. The lowest BCUT2D eigenvalue weighted by molar-refractivity contribution is -0.0524. The molecule has 0 spiro atoms. The molecule has 2 saturated heterocycles. The molecule has 2 aliphatic rings. The Labute approximate surface area is 135 Å². The van der Waals surface area contributed by atoms with Crippen LogP contribution in [0.25, 0.3) is 0 Å². The number of benzene rings is 1. The Morgan fingerprint density at radius 2 is 1.83 bits per heavy atom. The summed E-state index contributed by atoms with van der Waals surface area (Å²) in [5, 5.41) is 3.35. The average Bonchev–Trinajstić information content (AvgIpc) is 2.58. The van der Waals surface area contributed by atoms with Crippen molar-refractivity contribution in [1.29, 1.82) is 0 Å². The number of halogens is 2. The number of alkyl halides is 2. The number of ether oxygens (including phenoxy) is 2. The molecule has 0 amide bonds. The maximum atomic E-state index is 12.8. The fourth-order valence-electron chi connectivity index (χ4n) is 3.67. The van der Waals surface area contributed by atoms with E-state index in [-0.39, 0.29) is 6.04 Å². The average molecular weight is 326 g/mol. The molecule has 1 aromatic rings. The van der Waals surface area contributed by atoms with E-state index in [1.807, 2.05) is 12.1 Å². The molecule has 3 rings (SSSR count). The zero-order valence-electron chi connectivity index (χ0n) is 13.2. The first-order valence-corrected chi connectivity index (χ1v) is 8.32. The van der Waals surface area contributed by atoms with Crippen LogP contribution in [-0.4, -0.2) is 50.9 Å². The van der Waals surface area contributed by atoms with E-state index in [9.17, 15) is 8.78 Å². The van der Waals surface area contributed by atoms with Crippen molar-refractivity contribution in [3.63, 3.8) is 0 Å². The van der Waals surface area contributed by atoms with E-state index in [0.29, 0.717) is 11.7 Å². The van der Waals surface area contributed by atoms with E-state index in [0.717, 1.165) is 57.8 Å². The van der Waals surface area contributed by atoms with Gasteiger partial charge in [0.25, 0.3) is 0 Å². The lowest BCUT2D eigenvalue weighted by atomic mass is 9.85. The largest absolute Gasteiger partial charge is 0.434 e. The standard InChI is InChI=1S/C17H24F2N2O2/c18-17(19)23-15-4-2-1-3-14(15)16(13-5-11-22-12-6-13)21-9-7-20-8-10-21/h1-4,13,16-17,20H,5-12H2/t16-/m0/s1. The van der Waals surface area contributed by atoms with E-state index < -0.39 is 6.61 Å². The molecular formula is C17H24F2N2O2. The van der Waals surface area contributed by atoms with Gasteiger partial charge in [-0.05, 0) is 24.8 Å². The number of piperazine rings is 1. The minimum absolute atomic E-state index is 0.107.